The van der Waals surface area contributed by atoms with Crippen LogP contribution in [0.2, 0.25) is 0 Å². The summed E-state index contributed by atoms with van der Waals surface area (Å²) >= 11 is 0. The van der Waals surface area contributed by atoms with Gasteiger partial charge in [-0.15, -0.1) is 0 Å². The summed E-state index contributed by atoms with van der Waals surface area (Å²) in [6, 6.07) is 2.33. The molecule has 1 aromatic rings. The summed E-state index contributed by atoms with van der Waals surface area (Å²) < 4.78 is 13.1. The molecule has 0 spiro atoms. The van der Waals surface area contributed by atoms with E-state index in [0.29, 0.717) is 0 Å². The predicted octanol–water partition coefficient (Wildman–Crippen LogP) is 1.24. The maximum absolute atomic E-state index is 13.1. The van der Waals surface area contributed by atoms with Crippen molar-refractivity contribution in [2.24, 2.45) is 0 Å². The third-order valence-corrected chi connectivity index (χ3v) is 1.99. The van der Waals surface area contributed by atoms with E-state index < -0.39 is 5.82 Å². The monoisotopic (exact) mass is 197 g/mol. The highest BCUT2D eigenvalue weighted by Crippen LogP contribution is 2.23. The largest absolute Gasteiger partial charge is 0.507 e. The number of hydrogen-bond donors (Lipinski definition) is 2. The number of phenols is 1. The number of aromatic hydroxyl groups is 1. The van der Waals surface area contributed by atoms with Gasteiger partial charge in [0.2, 0.25) is 0 Å². The van der Waals surface area contributed by atoms with Crippen molar-refractivity contribution in [3.63, 3.8) is 0 Å². The maximum Gasteiger partial charge on any atom is 0.180 e. The Morgan fingerprint density at radius 2 is 2.21 bits per heavy atom. The Labute approximate surface area is 81.6 Å². The number of Topliss-reactive ketones (excluding diaryl/α,β-unsaturated/α-hetero) is 1. The second kappa shape index (κ2) is 4.19. The van der Waals surface area contributed by atoms with Gasteiger partial charge in [0.05, 0.1) is 12.1 Å². The summed E-state index contributed by atoms with van der Waals surface area (Å²) in [6.07, 6.45) is 0. The lowest BCUT2D eigenvalue weighted by Crippen LogP contribution is -2.19. The zero-order valence-electron chi connectivity index (χ0n) is 8.10. The molecule has 14 heavy (non-hydrogen) atoms. The van der Waals surface area contributed by atoms with Crippen molar-refractivity contribution in [2.45, 2.75) is 6.92 Å². The van der Waals surface area contributed by atoms with E-state index in [4.69, 9.17) is 0 Å². The van der Waals surface area contributed by atoms with Crippen LogP contribution < -0.4 is 5.32 Å². The summed E-state index contributed by atoms with van der Waals surface area (Å²) in [5.74, 6) is -0.978. The molecule has 1 aromatic carbocycles. The third-order valence-electron chi connectivity index (χ3n) is 1.99. The molecule has 0 aromatic heterocycles. The Morgan fingerprint density at radius 1 is 1.57 bits per heavy atom. The van der Waals surface area contributed by atoms with E-state index in [9.17, 15) is 14.3 Å². The normalized spacial score (nSPS) is 10.2. The Morgan fingerprint density at radius 3 is 2.79 bits per heavy atom. The number of phenolic OH excluding ortho intramolecular Hbond substituents is 1. The van der Waals surface area contributed by atoms with Gasteiger partial charge in [0.1, 0.15) is 11.6 Å². The van der Waals surface area contributed by atoms with Crippen molar-refractivity contribution in [1.29, 1.82) is 0 Å². The number of nitrogens with one attached hydrogen (secondary N) is 1. The summed E-state index contributed by atoms with van der Waals surface area (Å²) in [7, 11) is 1.61. The molecule has 0 saturated heterocycles. The zero-order chi connectivity index (χ0) is 10.7. The Hall–Kier alpha value is -1.42. The molecule has 0 bridgehead atoms. The first-order valence-corrected chi connectivity index (χ1v) is 4.23. The molecular weight excluding hydrogens is 185 g/mol. The number of halogens is 1. The first-order chi connectivity index (χ1) is 6.57. The SMILES string of the molecule is CNCC(=O)c1c(O)ccc(F)c1C. The molecular formula is C10H12FNO2. The van der Waals surface area contributed by atoms with Gasteiger partial charge in [-0.1, -0.05) is 0 Å². The fourth-order valence-corrected chi connectivity index (χ4v) is 1.27. The number of ketones is 1. The zero-order valence-corrected chi connectivity index (χ0v) is 8.10. The van der Waals surface area contributed by atoms with Gasteiger partial charge >= 0.3 is 0 Å². The average Bonchev–Trinajstić information content (AvgIpc) is 2.13. The van der Waals surface area contributed by atoms with Crippen molar-refractivity contribution in [1.82, 2.24) is 5.32 Å². The summed E-state index contributed by atoms with van der Waals surface area (Å²) in [6.45, 7) is 1.55. The molecule has 0 saturated carbocycles. The summed E-state index contributed by atoms with van der Waals surface area (Å²) in [5.41, 5.74) is 0.240. The molecule has 3 nitrogen and oxygen atoms in total. The van der Waals surface area contributed by atoms with Gasteiger partial charge in [0.15, 0.2) is 5.78 Å². The molecule has 0 unspecified atom stereocenters. The number of carbonyl (C=O) groups excluding carboxylic acids is 1. The highest BCUT2D eigenvalue weighted by atomic mass is 19.1. The highest BCUT2D eigenvalue weighted by molar-refractivity contribution is 6.01. The molecule has 0 aliphatic heterocycles. The van der Waals surface area contributed by atoms with Gasteiger partial charge in [0.25, 0.3) is 0 Å². The van der Waals surface area contributed by atoms with Crippen LogP contribution in [0.3, 0.4) is 0 Å². The van der Waals surface area contributed by atoms with Crippen LogP contribution in [0.25, 0.3) is 0 Å². The van der Waals surface area contributed by atoms with E-state index in [1.807, 2.05) is 0 Å². The topological polar surface area (TPSA) is 49.3 Å². The molecule has 1 rings (SSSR count). The molecule has 0 atom stereocenters. The van der Waals surface area contributed by atoms with Gasteiger partial charge in [-0.2, -0.15) is 0 Å². The first kappa shape index (κ1) is 10.7. The van der Waals surface area contributed by atoms with Gasteiger partial charge < -0.3 is 10.4 Å². The maximum atomic E-state index is 13.1. The van der Waals surface area contributed by atoms with Crippen LogP contribution in [-0.2, 0) is 0 Å². The van der Waals surface area contributed by atoms with Crippen molar-refractivity contribution < 1.29 is 14.3 Å². The molecule has 0 radical (unpaired) electrons. The van der Waals surface area contributed by atoms with E-state index in [0.717, 1.165) is 6.07 Å². The Bertz CT molecular complexity index is 363. The number of hydrogen-bond acceptors (Lipinski definition) is 3. The molecule has 0 heterocycles. The van der Waals surface area contributed by atoms with E-state index in [1.54, 1.807) is 7.05 Å². The van der Waals surface area contributed by atoms with Crippen molar-refractivity contribution >= 4 is 5.78 Å². The first-order valence-electron chi connectivity index (χ1n) is 4.23. The smallest absolute Gasteiger partial charge is 0.180 e. The van der Waals surface area contributed by atoms with Crippen LogP contribution in [0, 0.1) is 12.7 Å². The van der Waals surface area contributed by atoms with Crippen LogP contribution in [0.1, 0.15) is 15.9 Å². The lowest BCUT2D eigenvalue weighted by Gasteiger charge is -2.07. The molecule has 0 amide bonds. The second-order valence-corrected chi connectivity index (χ2v) is 3.02. The minimum atomic E-state index is -0.484. The fraction of sp³-hybridized carbons (Fsp3) is 0.300. The number of rotatable bonds is 3. The lowest BCUT2D eigenvalue weighted by molar-refractivity contribution is 0.0990. The molecule has 0 aliphatic carbocycles. The van der Waals surface area contributed by atoms with Crippen molar-refractivity contribution in [2.75, 3.05) is 13.6 Å². The Balaban J connectivity index is 3.18. The Kier molecular flexibility index (Phi) is 3.19. The van der Waals surface area contributed by atoms with Crippen LogP contribution in [-0.4, -0.2) is 24.5 Å². The third kappa shape index (κ3) is 1.90. The van der Waals surface area contributed by atoms with Crippen molar-refractivity contribution in [3.8, 4) is 5.75 Å². The lowest BCUT2D eigenvalue weighted by atomic mass is 10.0. The van der Waals surface area contributed by atoms with E-state index in [1.165, 1.54) is 13.0 Å². The van der Waals surface area contributed by atoms with E-state index in [-0.39, 0.29) is 29.2 Å². The average molecular weight is 197 g/mol. The van der Waals surface area contributed by atoms with Crippen molar-refractivity contribution in [3.05, 3.63) is 29.1 Å². The van der Waals surface area contributed by atoms with E-state index in [2.05, 4.69) is 5.32 Å². The van der Waals surface area contributed by atoms with Crippen LogP contribution in [0.5, 0.6) is 5.75 Å². The summed E-state index contributed by atoms with van der Waals surface area (Å²) in [5, 5.41) is 12.1. The number of likely N-dealkylation sites (N-methyl/N-ethyl adjacent to an activating group) is 1. The van der Waals surface area contributed by atoms with E-state index >= 15 is 0 Å². The van der Waals surface area contributed by atoms with Crippen LogP contribution >= 0.6 is 0 Å². The standard InChI is InChI=1S/C10H12FNO2/c1-6-7(11)3-4-8(13)10(6)9(14)5-12-2/h3-4,12-13H,5H2,1-2H3. The molecule has 2 N–H and O–H groups in total. The molecule has 0 fully saturated rings. The fourth-order valence-electron chi connectivity index (χ4n) is 1.27. The minimum absolute atomic E-state index is 0.0550. The number of carbonyl (C=O) groups is 1. The molecule has 76 valence electrons. The molecule has 0 aliphatic rings. The molecule has 4 heteroatoms. The quantitative estimate of drug-likeness (QED) is 0.717. The van der Waals surface area contributed by atoms with Gasteiger partial charge in [-0.25, -0.2) is 4.39 Å². The summed E-state index contributed by atoms with van der Waals surface area (Å²) in [4.78, 5) is 11.4. The highest BCUT2D eigenvalue weighted by Gasteiger charge is 2.15. The van der Waals surface area contributed by atoms with Crippen LogP contribution in [0.15, 0.2) is 12.1 Å². The van der Waals surface area contributed by atoms with Gasteiger partial charge in [-0.05, 0) is 31.7 Å². The number of benzene rings is 1. The van der Waals surface area contributed by atoms with Crippen LogP contribution in [0.4, 0.5) is 4.39 Å². The van der Waals surface area contributed by atoms with Gasteiger partial charge in [0, 0.05) is 0 Å². The second-order valence-electron chi connectivity index (χ2n) is 3.02. The minimum Gasteiger partial charge on any atom is -0.507 e. The van der Waals surface area contributed by atoms with Gasteiger partial charge in [-0.3, -0.25) is 4.79 Å². The predicted molar refractivity (Wildman–Crippen MR) is 51.1 cm³/mol.